The second-order valence-electron chi connectivity index (χ2n) is 3.83. The lowest BCUT2D eigenvalue weighted by Crippen LogP contribution is -2.26. The average Bonchev–Trinajstić information content (AvgIpc) is 2.91. The van der Waals surface area contributed by atoms with Crippen LogP contribution in [0.4, 0.5) is 0 Å². The van der Waals surface area contributed by atoms with E-state index in [0.717, 1.165) is 5.69 Å². The van der Waals surface area contributed by atoms with E-state index in [1.807, 2.05) is 11.4 Å². The molecule has 0 fully saturated rings. The first-order valence-corrected chi connectivity index (χ1v) is 6.27. The van der Waals surface area contributed by atoms with Gasteiger partial charge in [-0.15, -0.1) is 11.3 Å². The Morgan fingerprint density at radius 1 is 1.44 bits per heavy atom. The summed E-state index contributed by atoms with van der Waals surface area (Å²) >= 11 is 1.51. The van der Waals surface area contributed by atoms with Crippen molar-refractivity contribution >= 4 is 17.2 Å². The van der Waals surface area contributed by atoms with Crippen LogP contribution in [-0.4, -0.2) is 22.8 Å². The molecule has 90 valence electrons. The van der Waals surface area contributed by atoms with Gasteiger partial charge in [-0.25, -0.2) is 4.98 Å². The number of thiazole rings is 1. The third kappa shape index (κ3) is 2.73. The first kappa shape index (κ1) is 12.3. The van der Waals surface area contributed by atoms with Gasteiger partial charge in [0.15, 0.2) is 0 Å². The maximum Gasteiger partial charge on any atom is 0.253 e. The van der Waals surface area contributed by atoms with Gasteiger partial charge in [-0.1, -0.05) is 0 Å². The summed E-state index contributed by atoms with van der Waals surface area (Å²) in [6.07, 6.45) is 0. The van der Waals surface area contributed by atoms with Gasteiger partial charge in [-0.05, 0) is 24.3 Å². The van der Waals surface area contributed by atoms with E-state index < -0.39 is 0 Å². The Labute approximate surface area is 109 Å². The van der Waals surface area contributed by atoms with Crippen LogP contribution in [0.1, 0.15) is 21.6 Å². The number of aromatic nitrogens is 1. The summed E-state index contributed by atoms with van der Waals surface area (Å²) in [5.41, 5.74) is 3.75. The maximum absolute atomic E-state index is 12.1. The molecule has 5 heteroatoms. The molecular formula is C13H11N3OS. The van der Waals surface area contributed by atoms with E-state index in [1.54, 1.807) is 41.7 Å². The molecule has 2 aromatic rings. The molecule has 18 heavy (non-hydrogen) atoms. The monoisotopic (exact) mass is 257 g/mol. The quantitative estimate of drug-likeness (QED) is 0.847. The molecule has 4 nitrogen and oxygen atoms in total. The Morgan fingerprint density at radius 2 is 2.17 bits per heavy atom. The van der Waals surface area contributed by atoms with E-state index in [9.17, 15) is 4.79 Å². The normalized spacial score (nSPS) is 9.78. The molecule has 1 amide bonds. The number of benzene rings is 1. The molecule has 0 aliphatic carbocycles. The number of carbonyl (C=O) groups is 1. The largest absolute Gasteiger partial charge is 0.336 e. The van der Waals surface area contributed by atoms with Gasteiger partial charge in [-0.2, -0.15) is 5.26 Å². The Balaban J connectivity index is 2.08. The zero-order chi connectivity index (χ0) is 13.0. The summed E-state index contributed by atoms with van der Waals surface area (Å²) in [5.74, 6) is -0.0764. The van der Waals surface area contributed by atoms with Crippen LogP contribution >= 0.6 is 11.3 Å². The highest BCUT2D eigenvalue weighted by atomic mass is 32.1. The molecule has 0 spiro atoms. The third-order valence-corrected chi connectivity index (χ3v) is 3.13. The molecule has 0 N–H and O–H groups in total. The van der Waals surface area contributed by atoms with Crippen LogP contribution < -0.4 is 0 Å². The highest BCUT2D eigenvalue weighted by molar-refractivity contribution is 7.07. The molecule has 1 heterocycles. The van der Waals surface area contributed by atoms with Crippen molar-refractivity contribution in [3.63, 3.8) is 0 Å². The van der Waals surface area contributed by atoms with E-state index >= 15 is 0 Å². The number of carbonyl (C=O) groups excluding carboxylic acids is 1. The van der Waals surface area contributed by atoms with Crippen LogP contribution in [0.2, 0.25) is 0 Å². The van der Waals surface area contributed by atoms with Gasteiger partial charge in [0.05, 0.1) is 29.4 Å². The zero-order valence-electron chi connectivity index (χ0n) is 9.83. The van der Waals surface area contributed by atoms with Gasteiger partial charge >= 0.3 is 0 Å². The van der Waals surface area contributed by atoms with Gasteiger partial charge in [0.2, 0.25) is 0 Å². The maximum atomic E-state index is 12.1. The van der Waals surface area contributed by atoms with E-state index in [-0.39, 0.29) is 5.91 Å². The molecular weight excluding hydrogens is 246 g/mol. The van der Waals surface area contributed by atoms with E-state index in [4.69, 9.17) is 5.26 Å². The fraction of sp³-hybridized carbons (Fsp3) is 0.154. The minimum atomic E-state index is -0.0764. The molecule has 0 radical (unpaired) electrons. The van der Waals surface area contributed by atoms with Crippen molar-refractivity contribution in [3.8, 4) is 6.07 Å². The van der Waals surface area contributed by atoms with Crippen LogP contribution in [0.25, 0.3) is 0 Å². The van der Waals surface area contributed by atoms with Gasteiger partial charge in [0, 0.05) is 18.0 Å². The lowest BCUT2D eigenvalue weighted by atomic mass is 10.1. The highest BCUT2D eigenvalue weighted by Gasteiger charge is 2.12. The molecule has 0 aliphatic rings. The van der Waals surface area contributed by atoms with Crippen LogP contribution in [0.3, 0.4) is 0 Å². The molecule has 0 saturated heterocycles. The number of amides is 1. The van der Waals surface area contributed by atoms with E-state index in [2.05, 4.69) is 4.98 Å². The fourth-order valence-corrected chi connectivity index (χ4v) is 2.09. The topological polar surface area (TPSA) is 57.0 Å². The number of nitriles is 1. The predicted molar refractivity (Wildman–Crippen MR) is 69.1 cm³/mol. The van der Waals surface area contributed by atoms with E-state index in [0.29, 0.717) is 17.7 Å². The lowest BCUT2D eigenvalue weighted by Gasteiger charge is -2.15. The lowest BCUT2D eigenvalue weighted by molar-refractivity contribution is 0.0783. The fourth-order valence-electron chi connectivity index (χ4n) is 1.54. The molecule has 1 aromatic heterocycles. The second-order valence-corrected chi connectivity index (χ2v) is 4.55. The summed E-state index contributed by atoms with van der Waals surface area (Å²) < 4.78 is 0. The molecule has 0 aliphatic heterocycles. The zero-order valence-corrected chi connectivity index (χ0v) is 10.6. The number of rotatable bonds is 3. The summed E-state index contributed by atoms with van der Waals surface area (Å²) in [4.78, 5) is 17.8. The summed E-state index contributed by atoms with van der Waals surface area (Å²) in [6.45, 7) is 0.488. The van der Waals surface area contributed by atoms with Crippen molar-refractivity contribution in [3.05, 3.63) is 52.0 Å². The highest BCUT2D eigenvalue weighted by Crippen LogP contribution is 2.09. The van der Waals surface area contributed by atoms with Crippen molar-refractivity contribution in [1.82, 2.24) is 9.88 Å². The van der Waals surface area contributed by atoms with Crippen molar-refractivity contribution in [2.45, 2.75) is 6.54 Å². The predicted octanol–water partition coefficient (Wildman–Crippen LogP) is 2.29. The minimum Gasteiger partial charge on any atom is -0.336 e. The average molecular weight is 257 g/mol. The number of hydrogen-bond acceptors (Lipinski definition) is 4. The van der Waals surface area contributed by atoms with Crippen LogP contribution in [-0.2, 0) is 6.54 Å². The summed E-state index contributed by atoms with van der Waals surface area (Å²) in [5, 5.41) is 10.6. The Kier molecular flexibility index (Phi) is 3.70. The standard InChI is InChI=1S/C13H11N3OS/c1-16(7-12-8-18-9-15-12)13(17)11-4-2-10(6-14)3-5-11/h2-5,8-9H,7H2,1H3. The second kappa shape index (κ2) is 5.43. The summed E-state index contributed by atoms with van der Waals surface area (Å²) in [7, 11) is 1.74. The van der Waals surface area contributed by atoms with Crippen molar-refractivity contribution in [2.75, 3.05) is 7.05 Å². The number of hydrogen-bond donors (Lipinski definition) is 0. The molecule has 1 aromatic carbocycles. The van der Waals surface area contributed by atoms with Gasteiger partial charge in [0.1, 0.15) is 0 Å². The van der Waals surface area contributed by atoms with Gasteiger partial charge in [-0.3, -0.25) is 4.79 Å². The first-order chi connectivity index (χ1) is 8.70. The van der Waals surface area contributed by atoms with Gasteiger partial charge < -0.3 is 4.90 Å². The Hall–Kier alpha value is -2.19. The Bertz CT molecular complexity index is 569. The molecule has 0 bridgehead atoms. The third-order valence-electron chi connectivity index (χ3n) is 2.49. The first-order valence-electron chi connectivity index (χ1n) is 5.33. The van der Waals surface area contributed by atoms with Crippen molar-refractivity contribution in [2.24, 2.45) is 0 Å². The summed E-state index contributed by atoms with van der Waals surface area (Å²) in [6, 6.07) is 8.64. The van der Waals surface area contributed by atoms with Crippen LogP contribution in [0, 0.1) is 11.3 Å². The Morgan fingerprint density at radius 3 is 2.72 bits per heavy atom. The minimum absolute atomic E-state index is 0.0764. The molecule has 2 rings (SSSR count). The van der Waals surface area contributed by atoms with Crippen molar-refractivity contribution in [1.29, 1.82) is 5.26 Å². The molecule has 0 atom stereocenters. The molecule has 0 saturated carbocycles. The number of nitrogens with zero attached hydrogens (tertiary/aromatic N) is 3. The van der Waals surface area contributed by atoms with E-state index in [1.165, 1.54) is 11.3 Å². The van der Waals surface area contributed by atoms with Crippen molar-refractivity contribution < 1.29 is 4.79 Å². The van der Waals surface area contributed by atoms with Crippen LogP contribution in [0.15, 0.2) is 35.2 Å². The van der Waals surface area contributed by atoms with Crippen LogP contribution in [0.5, 0.6) is 0 Å². The molecule has 0 unspecified atom stereocenters. The smallest absolute Gasteiger partial charge is 0.253 e. The van der Waals surface area contributed by atoms with Gasteiger partial charge in [0.25, 0.3) is 5.91 Å². The SMILES string of the molecule is CN(Cc1cscn1)C(=O)c1ccc(C#N)cc1.